The second-order valence-corrected chi connectivity index (χ2v) is 8.29. The number of hydrogen-bond acceptors (Lipinski definition) is 7. The van der Waals surface area contributed by atoms with Crippen LogP contribution in [-0.2, 0) is 12.2 Å². The number of aryl methyl sites for hydroxylation is 2. The highest BCUT2D eigenvalue weighted by Gasteiger charge is 2.48. The number of aromatic nitrogens is 5. The van der Waals surface area contributed by atoms with Crippen molar-refractivity contribution in [2.75, 3.05) is 0 Å². The van der Waals surface area contributed by atoms with Gasteiger partial charge < -0.3 is 4.52 Å². The molecule has 0 radical (unpaired) electrons. The maximum absolute atomic E-state index is 15.2. The molecule has 0 aliphatic heterocycles. The van der Waals surface area contributed by atoms with Gasteiger partial charge in [0.1, 0.15) is 24.0 Å². The van der Waals surface area contributed by atoms with Crippen molar-refractivity contribution in [2.45, 2.75) is 44.8 Å². The highest BCUT2D eigenvalue weighted by Crippen LogP contribution is 2.53. The van der Waals surface area contributed by atoms with Crippen molar-refractivity contribution in [3.8, 4) is 6.07 Å². The molecule has 4 aromatic rings. The van der Waals surface area contributed by atoms with Crippen LogP contribution in [0.15, 0.2) is 45.8 Å². The van der Waals surface area contributed by atoms with E-state index in [0.717, 1.165) is 5.56 Å². The Labute approximate surface area is 182 Å². The molecule has 0 spiro atoms. The molecule has 0 atom stereocenters. The molecule has 9 heteroatoms. The lowest BCUT2D eigenvalue weighted by molar-refractivity contribution is 0.0336. The lowest BCUT2D eigenvalue weighted by Gasteiger charge is -2.40. The van der Waals surface area contributed by atoms with E-state index in [4.69, 9.17) is 9.78 Å². The summed E-state index contributed by atoms with van der Waals surface area (Å²) in [5.74, 6) is 0.515. The topological polar surface area (TPSA) is 110 Å². The van der Waals surface area contributed by atoms with E-state index in [1.54, 1.807) is 13.0 Å². The van der Waals surface area contributed by atoms with E-state index in [-0.39, 0.29) is 42.4 Å². The van der Waals surface area contributed by atoms with Crippen molar-refractivity contribution >= 4 is 10.9 Å². The Kier molecular flexibility index (Phi) is 4.59. The summed E-state index contributed by atoms with van der Waals surface area (Å²) in [6, 6.07) is 11.0. The number of benzene rings is 1. The van der Waals surface area contributed by atoms with Crippen LogP contribution in [0, 0.1) is 25.2 Å². The van der Waals surface area contributed by atoms with Crippen LogP contribution in [0.25, 0.3) is 10.9 Å². The molecule has 1 fully saturated rings. The molecule has 8 nitrogen and oxygen atoms in total. The summed E-state index contributed by atoms with van der Waals surface area (Å²) in [4.78, 5) is 21.4. The zero-order valence-corrected chi connectivity index (χ0v) is 17.5. The van der Waals surface area contributed by atoms with Gasteiger partial charge in [-0.3, -0.25) is 4.79 Å². The Morgan fingerprint density at radius 2 is 2.00 bits per heavy atom. The van der Waals surface area contributed by atoms with Crippen molar-refractivity contribution in [1.29, 1.82) is 5.26 Å². The Balaban J connectivity index is 1.34. The first-order valence-electron chi connectivity index (χ1n) is 10.2. The van der Waals surface area contributed by atoms with Crippen molar-refractivity contribution in [3.63, 3.8) is 0 Å². The minimum atomic E-state index is -1.39. The highest BCUT2D eigenvalue weighted by atomic mass is 19.1. The number of halogens is 1. The lowest BCUT2D eigenvalue weighted by Crippen LogP contribution is -2.36. The summed E-state index contributed by atoms with van der Waals surface area (Å²) in [5, 5.41) is 17.6. The van der Waals surface area contributed by atoms with Gasteiger partial charge in [-0.2, -0.15) is 15.3 Å². The van der Waals surface area contributed by atoms with Gasteiger partial charge in [0.2, 0.25) is 5.89 Å². The third-order valence-electron chi connectivity index (χ3n) is 5.97. The third kappa shape index (κ3) is 3.34. The maximum atomic E-state index is 15.2. The molecule has 0 unspecified atom stereocenters. The van der Waals surface area contributed by atoms with Gasteiger partial charge in [-0.05, 0) is 43.9 Å². The molecule has 1 aliphatic rings. The fraction of sp³-hybridized carbons (Fsp3) is 0.304. The molecule has 0 N–H and O–H groups in total. The molecule has 0 amide bonds. The first-order valence-corrected chi connectivity index (χ1v) is 10.2. The van der Waals surface area contributed by atoms with Crippen molar-refractivity contribution in [2.24, 2.45) is 0 Å². The van der Waals surface area contributed by atoms with E-state index in [0.29, 0.717) is 27.9 Å². The SMILES string of the molecule is Cc1ccc(C2(F)CC(c3noc(Cn4ncc5nc(C#N)cc(C)c5c4=O)n3)C2)cc1. The Bertz CT molecular complexity index is 1430. The quantitative estimate of drug-likeness (QED) is 0.487. The lowest BCUT2D eigenvalue weighted by atomic mass is 9.68. The summed E-state index contributed by atoms with van der Waals surface area (Å²) in [7, 11) is 0. The van der Waals surface area contributed by atoms with Crippen molar-refractivity contribution in [3.05, 3.63) is 81.0 Å². The van der Waals surface area contributed by atoms with E-state index in [2.05, 4.69) is 20.2 Å². The second kappa shape index (κ2) is 7.34. The Hall–Kier alpha value is -3.93. The van der Waals surface area contributed by atoms with E-state index in [1.165, 1.54) is 10.9 Å². The standard InChI is InChI=1S/C23H19FN6O2/c1-13-3-5-16(6-4-13)23(24)8-15(9-23)21-28-19(32-29-21)12-30-22(31)20-14(2)7-17(10-25)27-18(20)11-26-30/h3-7,11,15H,8-9,12H2,1-2H3. The smallest absolute Gasteiger partial charge is 0.276 e. The van der Waals surface area contributed by atoms with E-state index < -0.39 is 5.67 Å². The fourth-order valence-corrected chi connectivity index (χ4v) is 4.16. The summed E-state index contributed by atoms with van der Waals surface area (Å²) in [5.41, 5.74) is 1.24. The molecule has 3 aromatic heterocycles. The fourth-order valence-electron chi connectivity index (χ4n) is 4.16. The van der Waals surface area contributed by atoms with Crippen LogP contribution in [0.1, 0.15) is 52.9 Å². The average molecular weight is 430 g/mol. The second-order valence-electron chi connectivity index (χ2n) is 8.29. The van der Waals surface area contributed by atoms with E-state index in [1.807, 2.05) is 37.3 Å². The number of alkyl halides is 1. The van der Waals surface area contributed by atoms with Gasteiger partial charge in [-0.1, -0.05) is 35.0 Å². The summed E-state index contributed by atoms with van der Waals surface area (Å²) < 4.78 is 21.7. The van der Waals surface area contributed by atoms with Crippen LogP contribution in [0.3, 0.4) is 0 Å². The molecule has 1 aromatic carbocycles. The molecule has 32 heavy (non-hydrogen) atoms. The van der Waals surface area contributed by atoms with Crippen LogP contribution in [0.4, 0.5) is 4.39 Å². The minimum Gasteiger partial charge on any atom is -0.337 e. The Morgan fingerprint density at radius 1 is 1.25 bits per heavy atom. The zero-order valence-electron chi connectivity index (χ0n) is 17.5. The number of fused-ring (bicyclic) bond motifs is 1. The molecular weight excluding hydrogens is 411 g/mol. The van der Waals surface area contributed by atoms with Gasteiger partial charge in [-0.15, -0.1) is 0 Å². The molecule has 3 heterocycles. The number of hydrogen-bond donors (Lipinski definition) is 0. The molecule has 0 saturated heterocycles. The van der Waals surface area contributed by atoms with Gasteiger partial charge in [0.05, 0.1) is 17.1 Å². The van der Waals surface area contributed by atoms with Gasteiger partial charge in [-0.25, -0.2) is 14.1 Å². The van der Waals surface area contributed by atoms with Crippen LogP contribution < -0.4 is 5.56 Å². The van der Waals surface area contributed by atoms with E-state index >= 15 is 4.39 Å². The molecular formula is C23H19FN6O2. The normalized spacial score (nSPS) is 20.1. The summed E-state index contributed by atoms with van der Waals surface area (Å²) in [6.07, 6.45) is 2.01. The largest absolute Gasteiger partial charge is 0.337 e. The van der Waals surface area contributed by atoms with Crippen LogP contribution >= 0.6 is 0 Å². The first-order chi connectivity index (χ1) is 15.4. The first kappa shape index (κ1) is 20.0. The van der Waals surface area contributed by atoms with Gasteiger partial charge in [0.25, 0.3) is 5.56 Å². The number of rotatable bonds is 4. The van der Waals surface area contributed by atoms with Gasteiger partial charge in [0, 0.05) is 5.92 Å². The zero-order chi connectivity index (χ0) is 22.5. The van der Waals surface area contributed by atoms with Crippen molar-refractivity contribution in [1.82, 2.24) is 24.9 Å². The Morgan fingerprint density at radius 3 is 2.72 bits per heavy atom. The summed E-state index contributed by atoms with van der Waals surface area (Å²) in [6.45, 7) is 3.71. The van der Waals surface area contributed by atoms with Crippen LogP contribution in [0.2, 0.25) is 0 Å². The number of pyridine rings is 1. The van der Waals surface area contributed by atoms with Crippen LogP contribution in [0.5, 0.6) is 0 Å². The predicted molar refractivity (Wildman–Crippen MR) is 113 cm³/mol. The molecule has 1 saturated carbocycles. The number of nitrogens with zero attached hydrogens (tertiary/aromatic N) is 6. The maximum Gasteiger partial charge on any atom is 0.276 e. The van der Waals surface area contributed by atoms with Crippen LogP contribution in [-0.4, -0.2) is 24.9 Å². The highest BCUT2D eigenvalue weighted by molar-refractivity contribution is 5.80. The van der Waals surface area contributed by atoms with Gasteiger partial charge in [0.15, 0.2) is 5.82 Å². The average Bonchev–Trinajstić information content (AvgIpc) is 3.21. The molecule has 160 valence electrons. The third-order valence-corrected chi connectivity index (χ3v) is 5.97. The van der Waals surface area contributed by atoms with Crippen molar-refractivity contribution < 1.29 is 8.91 Å². The minimum absolute atomic E-state index is 0.00728. The molecule has 1 aliphatic carbocycles. The summed E-state index contributed by atoms with van der Waals surface area (Å²) >= 11 is 0. The van der Waals surface area contributed by atoms with E-state index in [9.17, 15) is 4.79 Å². The predicted octanol–water partition coefficient (Wildman–Crippen LogP) is 3.45. The van der Waals surface area contributed by atoms with Gasteiger partial charge >= 0.3 is 0 Å². The monoisotopic (exact) mass is 430 g/mol. The molecule has 0 bridgehead atoms. The number of nitriles is 1. The molecule has 5 rings (SSSR count).